The van der Waals surface area contributed by atoms with E-state index >= 15 is 0 Å². The SMILES string of the molecule is CCCOc1cccc(CNC(=NC)NCCC(C)C)c1. The first-order valence-electron chi connectivity index (χ1n) is 7.82. The maximum absolute atomic E-state index is 5.65. The fraction of sp³-hybridized carbons (Fsp3) is 0.588. The lowest BCUT2D eigenvalue weighted by molar-refractivity contribution is 0.317. The van der Waals surface area contributed by atoms with Gasteiger partial charge in [-0.3, -0.25) is 4.99 Å². The molecule has 1 aromatic rings. The molecule has 0 saturated carbocycles. The van der Waals surface area contributed by atoms with Crippen molar-refractivity contribution in [2.75, 3.05) is 20.2 Å². The highest BCUT2D eigenvalue weighted by Crippen LogP contribution is 2.13. The van der Waals surface area contributed by atoms with Crippen LogP contribution in [0.1, 0.15) is 39.2 Å². The summed E-state index contributed by atoms with van der Waals surface area (Å²) >= 11 is 0. The third-order valence-electron chi connectivity index (χ3n) is 3.07. The van der Waals surface area contributed by atoms with Gasteiger partial charge in [-0.25, -0.2) is 0 Å². The van der Waals surface area contributed by atoms with Crippen LogP contribution in [0, 0.1) is 5.92 Å². The topological polar surface area (TPSA) is 45.6 Å². The molecule has 4 heteroatoms. The lowest BCUT2D eigenvalue weighted by Crippen LogP contribution is -2.37. The molecule has 0 aliphatic heterocycles. The van der Waals surface area contributed by atoms with Gasteiger partial charge in [-0.2, -0.15) is 0 Å². The Morgan fingerprint density at radius 1 is 1.29 bits per heavy atom. The minimum atomic E-state index is 0.697. The maximum atomic E-state index is 5.65. The van der Waals surface area contributed by atoms with Gasteiger partial charge in [-0.1, -0.05) is 32.9 Å². The normalized spacial score (nSPS) is 11.6. The van der Waals surface area contributed by atoms with Crippen LogP contribution in [0.2, 0.25) is 0 Å². The van der Waals surface area contributed by atoms with E-state index in [4.69, 9.17) is 4.74 Å². The van der Waals surface area contributed by atoms with E-state index in [1.165, 1.54) is 5.56 Å². The first-order chi connectivity index (χ1) is 10.2. The lowest BCUT2D eigenvalue weighted by Gasteiger charge is -2.13. The zero-order valence-corrected chi connectivity index (χ0v) is 13.8. The van der Waals surface area contributed by atoms with Crippen molar-refractivity contribution in [3.05, 3.63) is 29.8 Å². The summed E-state index contributed by atoms with van der Waals surface area (Å²) < 4.78 is 5.65. The molecule has 0 bridgehead atoms. The second-order valence-electron chi connectivity index (χ2n) is 5.53. The summed E-state index contributed by atoms with van der Waals surface area (Å²) in [6.45, 7) is 8.99. The fourth-order valence-electron chi connectivity index (χ4n) is 1.85. The molecular weight excluding hydrogens is 262 g/mol. The molecule has 0 fully saturated rings. The van der Waals surface area contributed by atoms with Gasteiger partial charge in [0.05, 0.1) is 6.61 Å². The molecule has 0 heterocycles. The van der Waals surface area contributed by atoms with Gasteiger partial charge in [-0.05, 0) is 36.5 Å². The van der Waals surface area contributed by atoms with Crippen molar-refractivity contribution in [1.82, 2.24) is 10.6 Å². The minimum Gasteiger partial charge on any atom is -0.494 e. The Hall–Kier alpha value is -1.71. The van der Waals surface area contributed by atoms with Crippen molar-refractivity contribution in [2.45, 2.75) is 40.2 Å². The number of guanidine groups is 1. The van der Waals surface area contributed by atoms with E-state index in [1.54, 1.807) is 7.05 Å². The smallest absolute Gasteiger partial charge is 0.191 e. The van der Waals surface area contributed by atoms with Crippen LogP contribution in [-0.4, -0.2) is 26.2 Å². The van der Waals surface area contributed by atoms with Crippen LogP contribution in [0.3, 0.4) is 0 Å². The van der Waals surface area contributed by atoms with Crippen molar-refractivity contribution in [1.29, 1.82) is 0 Å². The average Bonchev–Trinajstić information content (AvgIpc) is 2.48. The molecule has 0 aromatic heterocycles. The second kappa shape index (κ2) is 10.1. The van der Waals surface area contributed by atoms with E-state index in [0.29, 0.717) is 5.92 Å². The standard InChI is InChI=1S/C17H29N3O/c1-5-11-21-16-8-6-7-15(12-16)13-20-17(18-4)19-10-9-14(2)3/h6-8,12,14H,5,9-11,13H2,1-4H3,(H2,18,19,20). The predicted molar refractivity (Wildman–Crippen MR) is 89.9 cm³/mol. The summed E-state index contributed by atoms with van der Waals surface area (Å²) in [5, 5.41) is 6.65. The molecule has 118 valence electrons. The van der Waals surface area contributed by atoms with E-state index in [2.05, 4.69) is 48.5 Å². The number of benzene rings is 1. The van der Waals surface area contributed by atoms with E-state index in [1.807, 2.05) is 12.1 Å². The number of rotatable bonds is 8. The number of ether oxygens (including phenoxy) is 1. The Morgan fingerprint density at radius 3 is 2.76 bits per heavy atom. The van der Waals surface area contributed by atoms with E-state index in [9.17, 15) is 0 Å². The molecule has 0 radical (unpaired) electrons. The first kappa shape index (κ1) is 17.3. The highest BCUT2D eigenvalue weighted by molar-refractivity contribution is 5.79. The van der Waals surface area contributed by atoms with Crippen molar-refractivity contribution in [3.63, 3.8) is 0 Å². The number of hydrogen-bond donors (Lipinski definition) is 2. The van der Waals surface area contributed by atoms with Crippen LogP contribution in [-0.2, 0) is 6.54 Å². The minimum absolute atomic E-state index is 0.697. The molecule has 2 N–H and O–H groups in total. The molecule has 0 aliphatic rings. The summed E-state index contributed by atoms with van der Waals surface area (Å²) in [4.78, 5) is 4.24. The predicted octanol–water partition coefficient (Wildman–Crippen LogP) is 3.19. The van der Waals surface area contributed by atoms with Crippen LogP contribution in [0.4, 0.5) is 0 Å². The summed E-state index contributed by atoms with van der Waals surface area (Å²) in [5.74, 6) is 2.47. The van der Waals surface area contributed by atoms with Gasteiger partial charge in [0.15, 0.2) is 5.96 Å². The Morgan fingerprint density at radius 2 is 2.10 bits per heavy atom. The molecule has 0 amide bonds. The number of hydrogen-bond acceptors (Lipinski definition) is 2. The first-order valence-corrected chi connectivity index (χ1v) is 7.82. The molecule has 0 atom stereocenters. The molecule has 0 spiro atoms. The van der Waals surface area contributed by atoms with Gasteiger partial charge in [0.1, 0.15) is 5.75 Å². The Balaban J connectivity index is 2.41. The molecule has 0 unspecified atom stereocenters. The van der Waals surface area contributed by atoms with Crippen molar-refractivity contribution < 1.29 is 4.74 Å². The van der Waals surface area contributed by atoms with Gasteiger partial charge in [-0.15, -0.1) is 0 Å². The third-order valence-corrected chi connectivity index (χ3v) is 3.07. The van der Waals surface area contributed by atoms with Crippen molar-refractivity contribution in [3.8, 4) is 5.75 Å². The third kappa shape index (κ3) is 7.59. The van der Waals surface area contributed by atoms with Crippen LogP contribution in [0.5, 0.6) is 5.75 Å². The zero-order valence-electron chi connectivity index (χ0n) is 13.8. The van der Waals surface area contributed by atoms with Gasteiger partial charge < -0.3 is 15.4 Å². The summed E-state index contributed by atoms with van der Waals surface area (Å²) in [5.41, 5.74) is 1.19. The molecule has 0 saturated heterocycles. The van der Waals surface area contributed by atoms with Crippen molar-refractivity contribution in [2.24, 2.45) is 10.9 Å². The van der Waals surface area contributed by atoms with Crippen LogP contribution in [0.15, 0.2) is 29.3 Å². The molecule has 1 aromatic carbocycles. The molecule has 1 rings (SSSR count). The summed E-state index contributed by atoms with van der Waals surface area (Å²) in [7, 11) is 1.80. The number of nitrogens with one attached hydrogen (secondary N) is 2. The maximum Gasteiger partial charge on any atom is 0.191 e. The average molecular weight is 291 g/mol. The monoisotopic (exact) mass is 291 g/mol. The van der Waals surface area contributed by atoms with E-state index < -0.39 is 0 Å². The van der Waals surface area contributed by atoms with Crippen LogP contribution >= 0.6 is 0 Å². The molecular formula is C17H29N3O. The van der Waals surface area contributed by atoms with E-state index in [0.717, 1.165) is 44.2 Å². The second-order valence-corrected chi connectivity index (χ2v) is 5.53. The summed E-state index contributed by atoms with van der Waals surface area (Å²) in [6, 6.07) is 8.18. The Labute approximate surface area is 129 Å². The van der Waals surface area contributed by atoms with Crippen LogP contribution in [0.25, 0.3) is 0 Å². The van der Waals surface area contributed by atoms with Gasteiger partial charge >= 0.3 is 0 Å². The van der Waals surface area contributed by atoms with Gasteiger partial charge in [0, 0.05) is 20.1 Å². The quantitative estimate of drug-likeness (QED) is 0.571. The Bertz CT molecular complexity index is 430. The zero-order chi connectivity index (χ0) is 15.5. The van der Waals surface area contributed by atoms with Gasteiger partial charge in [0.25, 0.3) is 0 Å². The van der Waals surface area contributed by atoms with Crippen LogP contribution < -0.4 is 15.4 Å². The van der Waals surface area contributed by atoms with Crippen molar-refractivity contribution >= 4 is 5.96 Å². The Kier molecular flexibility index (Phi) is 8.32. The molecule has 21 heavy (non-hydrogen) atoms. The number of aliphatic imine (C=N–C) groups is 1. The molecule has 4 nitrogen and oxygen atoms in total. The van der Waals surface area contributed by atoms with Gasteiger partial charge in [0.2, 0.25) is 0 Å². The van der Waals surface area contributed by atoms with E-state index in [-0.39, 0.29) is 0 Å². The largest absolute Gasteiger partial charge is 0.494 e. The summed E-state index contributed by atoms with van der Waals surface area (Å²) in [6.07, 6.45) is 2.16. The lowest BCUT2D eigenvalue weighted by atomic mass is 10.1. The number of nitrogens with zero attached hydrogens (tertiary/aromatic N) is 1. The fourth-order valence-corrected chi connectivity index (χ4v) is 1.85. The highest BCUT2D eigenvalue weighted by atomic mass is 16.5. The highest BCUT2D eigenvalue weighted by Gasteiger charge is 2.01. The molecule has 0 aliphatic carbocycles.